The molecule has 2 aromatic heterocycles. The lowest BCUT2D eigenvalue weighted by molar-refractivity contribution is -0.0511. The summed E-state index contributed by atoms with van der Waals surface area (Å²) in [5.74, 6) is 0. The third-order valence-corrected chi connectivity index (χ3v) is 3.38. The molecule has 102 valence electrons. The van der Waals surface area contributed by atoms with E-state index >= 15 is 0 Å². The molecule has 1 fully saturated rings. The summed E-state index contributed by atoms with van der Waals surface area (Å²) in [5, 5.41) is 28.9. The molecule has 0 amide bonds. The van der Waals surface area contributed by atoms with Crippen LogP contribution in [0.2, 0.25) is 5.15 Å². The zero-order chi connectivity index (χ0) is 13.6. The Kier molecular flexibility index (Phi) is 3.11. The number of aromatic nitrogens is 4. The standard InChI is InChI=1S/C10H11ClN4O4/c11-8-5-9(13-2-12-8)15(3-14-5)10-7(18)6(17)4(1-16)19-10/h2-4,6-7,10,16-18H,1H2/t4?,6-,7-,10-/m1/s1. The second kappa shape index (κ2) is 4.66. The van der Waals surface area contributed by atoms with Crippen LogP contribution in [0.25, 0.3) is 11.2 Å². The van der Waals surface area contributed by atoms with Crippen molar-refractivity contribution in [1.82, 2.24) is 19.5 Å². The molecule has 0 saturated carbocycles. The van der Waals surface area contributed by atoms with Crippen molar-refractivity contribution < 1.29 is 20.1 Å². The van der Waals surface area contributed by atoms with Gasteiger partial charge in [-0.3, -0.25) is 4.57 Å². The Labute approximate surface area is 112 Å². The number of ether oxygens (including phenoxy) is 1. The van der Waals surface area contributed by atoms with Crippen LogP contribution < -0.4 is 0 Å². The van der Waals surface area contributed by atoms with Gasteiger partial charge in [-0.15, -0.1) is 0 Å². The molecule has 1 aliphatic heterocycles. The van der Waals surface area contributed by atoms with Crippen LogP contribution in [-0.2, 0) is 4.74 Å². The highest BCUT2D eigenvalue weighted by molar-refractivity contribution is 6.33. The van der Waals surface area contributed by atoms with Gasteiger partial charge in [0.05, 0.1) is 12.9 Å². The van der Waals surface area contributed by atoms with Crippen molar-refractivity contribution in [2.24, 2.45) is 0 Å². The number of hydrogen-bond donors (Lipinski definition) is 3. The Morgan fingerprint density at radius 2 is 2.05 bits per heavy atom. The van der Waals surface area contributed by atoms with Crippen LogP contribution in [0.15, 0.2) is 12.7 Å². The Bertz CT molecular complexity index is 606. The van der Waals surface area contributed by atoms with Crippen LogP contribution in [0.1, 0.15) is 6.23 Å². The van der Waals surface area contributed by atoms with Gasteiger partial charge in [-0.2, -0.15) is 0 Å². The van der Waals surface area contributed by atoms with Crippen molar-refractivity contribution in [1.29, 1.82) is 0 Å². The number of halogens is 1. The molecule has 0 spiro atoms. The Morgan fingerprint density at radius 3 is 2.74 bits per heavy atom. The maximum Gasteiger partial charge on any atom is 0.167 e. The van der Waals surface area contributed by atoms with E-state index in [4.69, 9.17) is 21.4 Å². The van der Waals surface area contributed by atoms with Crippen molar-refractivity contribution in [3.8, 4) is 0 Å². The van der Waals surface area contributed by atoms with Gasteiger partial charge < -0.3 is 20.1 Å². The maximum absolute atomic E-state index is 9.95. The number of aliphatic hydroxyl groups is 3. The lowest BCUT2D eigenvalue weighted by atomic mass is 10.1. The molecular weight excluding hydrogens is 276 g/mol. The molecule has 19 heavy (non-hydrogen) atoms. The second-order valence-corrected chi connectivity index (χ2v) is 4.58. The lowest BCUT2D eigenvalue weighted by Crippen LogP contribution is -2.33. The minimum Gasteiger partial charge on any atom is -0.394 e. The van der Waals surface area contributed by atoms with E-state index < -0.39 is 31.1 Å². The van der Waals surface area contributed by atoms with Crippen LogP contribution in [-0.4, -0.2) is 59.8 Å². The van der Waals surface area contributed by atoms with Crippen molar-refractivity contribution in [2.45, 2.75) is 24.5 Å². The van der Waals surface area contributed by atoms with Gasteiger partial charge in [-0.1, -0.05) is 11.6 Å². The van der Waals surface area contributed by atoms with Crippen molar-refractivity contribution in [3.63, 3.8) is 0 Å². The third kappa shape index (κ3) is 1.88. The average Bonchev–Trinajstić information content (AvgIpc) is 2.94. The molecule has 3 rings (SSSR count). The van der Waals surface area contributed by atoms with E-state index in [1.54, 1.807) is 0 Å². The molecule has 0 radical (unpaired) electrons. The Hall–Kier alpha value is -1.32. The molecule has 4 atom stereocenters. The first-order valence-corrected chi connectivity index (χ1v) is 5.96. The largest absolute Gasteiger partial charge is 0.394 e. The van der Waals surface area contributed by atoms with Gasteiger partial charge in [0.1, 0.15) is 30.2 Å². The van der Waals surface area contributed by atoms with Gasteiger partial charge in [0.25, 0.3) is 0 Å². The predicted octanol–water partition coefficient (Wildman–Crippen LogP) is -0.909. The van der Waals surface area contributed by atoms with Crippen molar-refractivity contribution in [3.05, 3.63) is 17.8 Å². The molecular formula is C10H11ClN4O4. The zero-order valence-corrected chi connectivity index (χ0v) is 10.3. The summed E-state index contributed by atoms with van der Waals surface area (Å²) in [6.45, 7) is -0.392. The topological polar surface area (TPSA) is 114 Å². The second-order valence-electron chi connectivity index (χ2n) is 4.22. The summed E-state index contributed by atoms with van der Waals surface area (Å²) in [4.78, 5) is 11.9. The molecule has 9 heteroatoms. The molecule has 0 bridgehead atoms. The monoisotopic (exact) mass is 286 g/mol. The Balaban J connectivity index is 2.04. The van der Waals surface area contributed by atoms with Crippen molar-refractivity contribution in [2.75, 3.05) is 6.61 Å². The molecule has 0 aromatic carbocycles. The molecule has 1 aliphatic rings. The normalized spacial score (nSPS) is 31.2. The van der Waals surface area contributed by atoms with E-state index in [0.717, 1.165) is 0 Å². The van der Waals surface area contributed by atoms with E-state index in [9.17, 15) is 10.2 Å². The van der Waals surface area contributed by atoms with E-state index in [2.05, 4.69) is 15.0 Å². The molecule has 1 unspecified atom stereocenters. The number of fused-ring (bicyclic) bond motifs is 1. The van der Waals surface area contributed by atoms with E-state index in [0.29, 0.717) is 11.2 Å². The minimum atomic E-state index is -1.19. The first-order chi connectivity index (χ1) is 9.13. The summed E-state index contributed by atoms with van der Waals surface area (Å²) in [7, 11) is 0. The average molecular weight is 287 g/mol. The van der Waals surface area contributed by atoms with Gasteiger partial charge >= 0.3 is 0 Å². The number of rotatable bonds is 2. The van der Waals surface area contributed by atoms with Crippen LogP contribution in [0.5, 0.6) is 0 Å². The molecule has 3 N–H and O–H groups in total. The van der Waals surface area contributed by atoms with Crippen LogP contribution >= 0.6 is 11.6 Å². The fourth-order valence-electron chi connectivity index (χ4n) is 2.12. The maximum atomic E-state index is 9.95. The smallest absolute Gasteiger partial charge is 0.167 e. The highest BCUT2D eigenvalue weighted by Crippen LogP contribution is 2.31. The molecule has 0 aliphatic carbocycles. The summed E-state index contributed by atoms with van der Waals surface area (Å²) in [5.41, 5.74) is 0.761. The zero-order valence-electron chi connectivity index (χ0n) is 9.59. The quantitative estimate of drug-likeness (QED) is 0.613. The van der Waals surface area contributed by atoms with Gasteiger partial charge in [-0.05, 0) is 0 Å². The summed E-state index contributed by atoms with van der Waals surface area (Å²) >= 11 is 5.88. The van der Waals surface area contributed by atoms with Crippen LogP contribution in [0.3, 0.4) is 0 Å². The van der Waals surface area contributed by atoms with E-state index in [1.807, 2.05) is 0 Å². The summed E-state index contributed by atoms with van der Waals surface area (Å²) < 4.78 is 6.85. The number of nitrogens with zero attached hydrogens (tertiary/aromatic N) is 4. The molecule has 1 saturated heterocycles. The molecule has 2 aromatic rings. The fourth-order valence-corrected chi connectivity index (χ4v) is 2.30. The number of hydrogen-bond acceptors (Lipinski definition) is 7. The predicted molar refractivity (Wildman–Crippen MR) is 63.3 cm³/mol. The number of imidazole rings is 1. The SMILES string of the molecule is OCC1O[C@@H](n2cnc3c(Cl)ncnc32)[C@H](O)[C@@H]1O. The van der Waals surface area contributed by atoms with Gasteiger partial charge in [0.15, 0.2) is 17.0 Å². The highest BCUT2D eigenvalue weighted by Gasteiger charge is 2.43. The lowest BCUT2D eigenvalue weighted by Gasteiger charge is -2.16. The van der Waals surface area contributed by atoms with Crippen LogP contribution in [0.4, 0.5) is 0 Å². The van der Waals surface area contributed by atoms with Crippen LogP contribution in [0, 0.1) is 0 Å². The first-order valence-electron chi connectivity index (χ1n) is 5.59. The summed E-state index contributed by atoms with van der Waals surface area (Å²) in [6, 6.07) is 0. The van der Waals surface area contributed by atoms with Gasteiger partial charge in [0.2, 0.25) is 0 Å². The molecule has 3 heterocycles. The fraction of sp³-hybridized carbons (Fsp3) is 0.500. The minimum absolute atomic E-state index is 0.190. The third-order valence-electron chi connectivity index (χ3n) is 3.11. The first kappa shape index (κ1) is 12.7. The number of aliphatic hydroxyl groups excluding tert-OH is 3. The van der Waals surface area contributed by atoms with Crippen molar-refractivity contribution >= 4 is 22.8 Å². The highest BCUT2D eigenvalue weighted by atomic mass is 35.5. The molecule has 8 nitrogen and oxygen atoms in total. The van der Waals surface area contributed by atoms with Gasteiger partial charge in [-0.25, -0.2) is 15.0 Å². The van der Waals surface area contributed by atoms with Gasteiger partial charge in [0, 0.05) is 0 Å². The van der Waals surface area contributed by atoms with E-state index in [1.165, 1.54) is 17.2 Å². The Morgan fingerprint density at radius 1 is 1.26 bits per heavy atom. The van der Waals surface area contributed by atoms with E-state index in [-0.39, 0.29) is 5.15 Å². The summed E-state index contributed by atoms with van der Waals surface area (Å²) in [6.07, 6.45) is -1.44.